The molecule has 0 radical (unpaired) electrons. The van der Waals surface area contributed by atoms with E-state index in [0.29, 0.717) is 5.92 Å². The molecule has 2 atom stereocenters. The molecule has 0 saturated heterocycles. The summed E-state index contributed by atoms with van der Waals surface area (Å²) in [5.74, 6) is -0.398. The Kier molecular flexibility index (Phi) is 6.86. The second-order valence-corrected chi connectivity index (χ2v) is 8.71. The molecule has 3 N–H and O–H groups in total. The molecule has 4 rings (SSSR count). The lowest BCUT2D eigenvalue weighted by Crippen LogP contribution is -2.37. The quantitative estimate of drug-likeness (QED) is 0.492. The van der Waals surface area contributed by atoms with Gasteiger partial charge in [-0.1, -0.05) is 42.5 Å². The number of hydrogen-bond acceptors (Lipinski definition) is 4. The van der Waals surface area contributed by atoms with Crippen molar-refractivity contribution in [2.45, 2.75) is 39.2 Å². The summed E-state index contributed by atoms with van der Waals surface area (Å²) in [6.07, 6.45) is 3.72. The molecule has 5 heteroatoms. The van der Waals surface area contributed by atoms with Gasteiger partial charge in [0.15, 0.2) is 0 Å². The molecule has 1 aliphatic heterocycles. The van der Waals surface area contributed by atoms with Crippen molar-refractivity contribution < 1.29 is 9.90 Å². The van der Waals surface area contributed by atoms with Crippen molar-refractivity contribution in [2.75, 3.05) is 18.4 Å². The number of anilines is 1. The Bertz CT molecular complexity index is 1080. The molecule has 2 heterocycles. The summed E-state index contributed by atoms with van der Waals surface area (Å²) in [5, 5.41) is 16.6. The highest BCUT2D eigenvalue weighted by atomic mass is 16.4. The highest BCUT2D eigenvalue weighted by Gasteiger charge is 2.27. The van der Waals surface area contributed by atoms with E-state index in [1.54, 1.807) is 0 Å². The lowest BCUT2D eigenvalue weighted by Gasteiger charge is -2.33. The topological polar surface area (TPSA) is 74.2 Å². The van der Waals surface area contributed by atoms with Gasteiger partial charge in [0.1, 0.15) is 0 Å². The van der Waals surface area contributed by atoms with E-state index in [2.05, 4.69) is 71.1 Å². The van der Waals surface area contributed by atoms with E-state index in [1.807, 2.05) is 19.2 Å². The van der Waals surface area contributed by atoms with Crippen molar-refractivity contribution in [3.63, 3.8) is 0 Å². The first kappa shape index (κ1) is 22.0. The first-order valence-electron chi connectivity index (χ1n) is 11.3. The van der Waals surface area contributed by atoms with Gasteiger partial charge in [-0.25, -0.2) is 0 Å². The van der Waals surface area contributed by atoms with Crippen LogP contribution in [0.4, 0.5) is 5.69 Å². The molecule has 0 fully saturated rings. The van der Waals surface area contributed by atoms with Crippen LogP contribution in [0.5, 0.6) is 0 Å². The fourth-order valence-electron chi connectivity index (χ4n) is 4.71. The van der Waals surface area contributed by atoms with E-state index in [9.17, 15) is 9.90 Å². The number of aromatic nitrogens is 1. The largest absolute Gasteiger partial charge is 0.481 e. The van der Waals surface area contributed by atoms with Crippen molar-refractivity contribution in [3.05, 3.63) is 94.3 Å². The molecule has 32 heavy (non-hydrogen) atoms. The van der Waals surface area contributed by atoms with Crippen LogP contribution in [0.25, 0.3) is 0 Å². The van der Waals surface area contributed by atoms with E-state index in [0.717, 1.165) is 48.4 Å². The van der Waals surface area contributed by atoms with Crippen LogP contribution in [0.2, 0.25) is 0 Å². The van der Waals surface area contributed by atoms with Crippen molar-refractivity contribution in [3.8, 4) is 0 Å². The number of fused-ring (bicyclic) bond motifs is 1. The number of carboxylic acid groups (broad SMARTS) is 1. The van der Waals surface area contributed by atoms with Crippen LogP contribution in [0, 0.1) is 19.8 Å². The number of nitrogens with zero attached hydrogens (tertiary/aromatic N) is 1. The smallest absolute Gasteiger partial charge is 0.307 e. The lowest BCUT2D eigenvalue weighted by molar-refractivity contribution is -0.136. The fraction of sp³-hybridized carbons (Fsp3) is 0.333. The summed E-state index contributed by atoms with van der Waals surface area (Å²) < 4.78 is 0. The summed E-state index contributed by atoms with van der Waals surface area (Å²) in [4.78, 5) is 15.8. The Hall–Kier alpha value is -3.18. The van der Waals surface area contributed by atoms with Crippen LogP contribution in [0.15, 0.2) is 60.8 Å². The van der Waals surface area contributed by atoms with Gasteiger partial charge in [0, 0.05) is 24.7 Å². The normalized spacial score (nSPS) is 16.1. The summed E-state index contributed by atoms with van der Waals surface area (Å²) >= 11 is 0. The van der Waals surface area contributed by atoms with Crippen molar-refractivity contribution >= 4 is 11.7 Å². The average molecular weight is 430 g/mol. The number of hydrogen-bond donors (Lipinski definition) is 3. The summed E-state index contributed by atoms with van der Waals surface area (Å²) in [6, 6.07) is 19.1. The molecule has 0 bridgehead atoms. The van der Waals surface area contributed by atoms with Crippen molar-refractivity contribution in [1.29, 1.82) is 0 Å². The maximum absolute atomic E-state index is 11.2. The molecule has 0 spiro atoms. The number of carboxylic acids is 1. The van der Waals surface area contributed by atoms with Gasteiger partial charge >= 0.3 is 5.97 Å². The fourth-order valence-corrected chi connectivity index (χ4v) is 4.71. The minimum Gasteiger partial charge on any atom is -0.481 e. The summed E-state index contributed by atoms with van der Waals surface area (Å²) in [7, 11) is 0. The predicted octanol–water partition coefficient (Wildman–Crippen LogP) is 4.48. The van der Waals surface area contributed by atoms with Crippen molar-refractivity contribution in [2.24, 2.45) is 5.92 Å². The van der Waals surface area contributed by atoms with Gasteiger partial charge < -0.3 is 15.7 Å². The molecular formula is C27H31N3O2. The monoisotopic (exact) mass is 429 g/mol. The Balaban J connectivity index is 1.49. The van der Waals surface area contributed by atoms with Gasteiger partial charge in [0.2, 0.25) is 0 Å². The van der Waals surface area contributed by atoms with Gasteiger partial charge in [-0.3, -0.25) is 9.78 Å². The van der Waals surface area contributed by atoms with Crippen LogP contribution >= 0.6 is 0 Å². The standard InChI is InChI=1S/C27H31N3O2/c1-18-13-19(2)22(16-26(31)32)14-21(18)10-12-29-27(20-7-4-3-5-8-20)23-15-25-24(30-17-23)9-6-11-28-25/h3-9,11,13-14,23,27,29-30H,10,12,15-17H2,1-2H3,(H,31,32)/t23-,27-/m1/s1. The average Bonchev–Trinajstić information content (AvgIpc) is 2.79. The Morgan fingerprint density at radius 2 is 1.91 bits per heavy atom. The van der Waals surface area contributed by atoms with Crippen LogP contribution in [-0.4, -0.2) is 29.1 Å². The first-order chi connectivity index (χ1) is 15.5. The molecule has 166 valence electrons. The molecule has 0 saturated carbocycles. The number of nitrogens with one attached hydrogen (secondary N) is 2. The van der Waals surface area contributed by atoms with Crippen LogP contribution < -0.4 is 10.6 Å². The molecule has 3 aromatic rings. The molecule has 2 aromatic carbocycles. The van der Waals surface area contributed by atoms with Gasteiger partial charge in [-0.15, -0.1) is 0 Å². The zero-order valence-electron chi connectivity index (χ0n) is 18.8. The molecular weight excluding hydrogens is 398 g/mol. The molecule has 1 aliphatic rings. The molecule has 0 amide bonds. The minimum absolute atomic E-state index is 0.0688. The number of pyridine rings is 1. The molecule has 0 aliphatic carbocycles. The van der Waals surface area contributed by atoms with Gasteiger partial charge in [-0.2, -0.15) is 0 Å². The number of rotatable bonds is 8. The minimum atomic E-state index is -0.788. The number of carbonyl (C=O) groups is 1. The van der Waals surface area contributed by atoms with E-state index >= 15 is 0 Å². The van der Waals surface area contributed by atoms with E-state index in [-0.39, 0.29) is 12.5 Å². The van der Waals surface area contributed by atoms with E-state index in [4.69, 9.17) is 0 Å². The number of aryl methyl sites for hydroxylation is 2. The van der Waals surface area contributed by atoms with Crippen LogP contribution in [0.1, 0.15) is 39.6 Å². The van der Waals surface area contributed by atoms with Crippen molar-refractivity contribution in [1.82, 2.24) is 10.3 Å². The zero-order chi connectivity index (χ0) is 22.5. The Morgan fingerprint density at radius 3 is 2.69 bits per heavy atom. The maximum atomic E-state index is 11.2. The van der Waals surface area contributed by atoms with Crippen LogP contribution in [0.3, 0.4) is 0 Å². The number of aliphatic carboxylic acids is 1. The molecule has 0 unspecified atom stereocenters. The van der Waals surface area contributed by atoms with Gasteiger partial charge in [-0.05, 0) is 73.2 Å². The zero-order valence-corrected chi connectivity index (χ0v) is 18.8. The van der Waals surface area contributed by atoms with E-state index in [1.165, 1.54) is 16.7 Å². The second-order valence-electron chi connectivity index (χ2n) is 8.71. The second kappa shape index (κ2) is 9.96. The van der Waals surface area contributed by atoms with E-state index < -0.39 is 5.97 Å². The predicted molar refractivity (Wildman–Crippen MR) is 128 cm³/mol. The maximum Gasteiger partial charge on any atom is 0.307 e. The highest BCUT2D eigenvalue weighted by molar-refractivity contribution is 5.71. The molecule has 5 nitrogen and oxygen atoms in total. The highest BCUT2D eigenvalue weighted by Crippen LogP contribution is 2.31. The lowest BCUT2D eigenvalue weighted by atomic mass is 9.86. The van der Waals surface area contributed by atoms with Crippen LogP contribution in [-0.2, 0) is 24.1 Å². The summed E-state index contributed by atoms with van der Waals surface area (Å²) in [6.45, 7) is 5.81. The molecule has 1 aromatic heterocycles. The third kappa shape index (κ3) is 5.17. The first-order valence-corrected chi connectivity index (χ1v) is 11.3. The number of benzene rings is 2. The SMILES string of the molecule is Cc1cc(C)c(CC(=O)O)cc1CCN[C@H](c1ccccc1)[C@H]1CNc2cccnc2C1. The Morgan fingerprint density at radius 1 is 1.12 bits per heavy atom. The Labute approximate surface area is 189 Å². The van der Waals surface area contributed by atoms with Gasteiger partial charge in [0.25, 0.3) is 0 Å². The summed E-state index contributed by atoms with van der Waals surface area (Å²) in [5.41, 5.74) is 7.91. The third-order valence-corrected chi connectivity index (χ3v) is 6.43. The van der Waals surface area contributed by atoms with Gasteiger partial charge in [0.05, 0.1) is 17.8 Å². The third-order valence-electron chi connectivity index (χ3n) is 6.43.